The summed E-state index contributed by atoms with van der Waals surface area (Å²) in [5, 5.41) is 20.6. The zero-order valence-electron chi connectivity index (χ0n) is 12.3. The number of aliphatic hydroxyl groups is 2. The van der Waals surface area contributed by atoms with Crippen LogP contribution in [-0.4, -0.2) is 51.1 Å². The quantitative estimate of drug-likeness (QED) is 0.423. The lowest BCUT2D eigenvalue weighted by molar-refractivity contribution is -0.164. The Morgan fingerprint density at radius 1 is 1.48 bits per heavy atom. The first-order chi connectivity index (χ1) is 9.72. The number of hydrogen-bond acceptors (Lipinski definition) is 5. The average Bonchev–Trinajstić information content (AvgIpc) is 2.98. The summed E-state index contributed by atoms with van der Waals surface area (Å²) in [6, 6.07) is 0. The van der Waals surface area contributed by atoms with E-state index in [0.717, 1.165) is 0 Å². The molecule has 0 bridgehead atoms. The molecule has 4 rings (SSSR count). The van der Waals surface area contributed by atoms with Gasteiger partial charge in [-0.3, -0.25) is 4.79 Å². The molecule has 4 fully saturated rings. The molecule has 6 heteroatoms. The minimum Gasteiger partial charge on any atom is -0.461 e. The number of rotatable bonds is 1. The second kappa shape index (κ2) is 3.94. The van der Waals surface area contributed by atoms with Crippen molar-refractivity contribution in [1.82, 2.24) is 0 Å². The molecule has 2 N–H and O–H groups in total. The standard InChI is InChI=1S/C15H21ClO5/c1-5-7-4-8(6(2)17)15-10(9(7)20-13(5)18)14(3,19)11(16)12(15)21-15/h5-12,17,19H,4H2,1-3H3/t5-,6+,7+,8+,9+,10+,11-,12-,14-,15+/m1/s1. The van der Waals surface area contributed by atoms with Gasteiger partial charge in [-0.15, -0.1) is 11.6 Å². The molecule has 2 saturated heterocycles. The van der Waals surface area contributed by atoms with Crippen LogP contribution in [0.4, 0.5) is 0 Å². The second-order valence-corrected chi connectivity index (χ2v) is 7.90. The summed E-state index contributed by atoms with van der Waals surface area (Å²) in [6.07, 6.45) is -0.540. The Bertz CT molecular complexity index is 506. The second-order valence-electron chi connectivity index (χ2n) is 7.43. The lowest BCUT2D eigenvalue weighted by Gasteiger charge is -2.46. The van der Waals surface area contributed by atoms with Crippen molar-refractivity contribution in [2.45, 2.75) is 62.1 Å². The maximum atomic E-state index is 12.0. The summed E-state index contributed by atoms with van der Waals surface area (Å²) >= 11 is 6.40. The molecule has 10 atom stereocenters. The predicted octanol–water partition coefficient (Wildman–Crippen LogP) is 0.691. The fraction of sp³-hybridized carbons (Fsp3) is 0.933. The van der Waals surface area contributed by atoms with E-state index in [1.807, 2.05) is 6.92 Å². The summed E-state index contributed by atoms with van der Waals surface area (Å²) in [5.41, 5.74) is -1.80. The first kappa shape index (κ1) is 14.2. The molecule has 0 aromatic rings. The van der Waals surface area contributed by atoms with Crippen molar-refractivity contribution in [2.24, 2.45) is 23.7 Å². The Kier molecular flexibility index (Phi) is 2.67. The van der Waals surface area contributed by atoms with Crippen molar-refractivity contribution in [2.75, 3.05) is 0 Å². The van der Waals surface area contributed by atoms with Crippen LogP contribution in [-0.2, 0) is 14.3 Å². The van der Waals surface area contributed by atoms with Gasteiger partial charge in [0.25, 0.3) is 0 Å². The number of halogens is 1. The number of epoxide rings is 1. The number of esters is 1. The van der Waals surface area contributed by atoms with Gasteiger partial charge in [-0.1, -0.05) is 6.92 Å². The average molecular weight is 317 g/mol. The highest BCUT2D eigenvalue weighted by Gasteiger charge is 2.84. The van der Waals surface area contributed by atoms with Crippen LogP contribution >= 0.6 is 11.6 Å². The van der Waals surface area contributed by atoms with Crippen LogP contribution in [0.25, 0.3) is 0 Å². The third-order valence-corrected chi connectivity index (χ3v) is 7.03. The van der Waals surface area contributed by atoms with Crippen LogP contribution in [0.15, 0.2) is 0 Å². The van der Waals surface area contributed by atoms with Crippen molar-refractivity contribution in [3.8, 4) is 0 Å². The molecule has 2 heterocycles. The zero-order chi connectivity index (χ0) is 15.3. The van der Waals surface area contributed by atoms with Gasteiger partial charge in [0.15, 0.2) is 0 Å². The molecule has 118 valence electrons. The van der Waals surface area contributed by atoms with Gasteiger partial charge in [-0.25, -0.2) is 0 Å². The van der Waals surface area contributed by atoms with E-state index in [-0.39, 0.29) is 41.8 Å². The van der Waals surface area contributed by atoms with Gasteiger partial charge in [0.1, 0.15) is 17.8 Å². The summed E-state index contributed by atoms with van der Waals surface area (Å²) in [7, 11) is 0. The first-order valence-corrected chi connectivity index (χ1v) is 8.09. The van der Waals surface area contributed by atoms with E-state index < -0.39 is 22.7 Å². The summed E-state index contributed by atoms with van der Waals surface area (Å²) in [5.74, 6) is -0.926. The normalized spacial score (nSPS) is 62.6. The number of aliphatic hydroxyl groups excluding tert-OH is 1. The Morgan fingerprint density at radius 3 is 2.76 bits per heavy atom. The number of fused-ring (bicyclic) bond motifs is 2. The zero-order valence-corrected chi connectivity index (χ0v) is 13.1. The largest absolute Gasteiger partial charge is 0.461 e. The molecule has 1 spiro atoms. The minimum atomic E-state index is -1.16. The molecule has 2 aliphatic heterocycles. The van der Waals surface area contributed by atoms with E-state index in [2.05, 4.69) is 0 Å². The Balaban J connectivity index is 1.81. The molecule has 0 aromatic heterocycles. The van der Waals surface area contributed by atoms with Crippen molar-refractivity contribution in [3.05, 3.63) is 0 Å². The lowest BCUT2D eigenvalue weighted by atomic mass is 9.61. The molecular formula is C15H21ClO5. The third-order valence-electron chi connectivity index (χ3n) is 6.36. The number of carbonyl (C=O) groups excluding carboxylic acids is 1. The van der Waals surface area contributed by atoms with Gasteiger partial charge < -0.3 is 19.7 Å². The number of ether oxygens (including phenoxy) is 2. The van der Waals surface area contributed by atoms with E-state index in [4.69, 9.17) is 21.1 Å². The molecular weight excluding hydrogens is 296 g/mol. The predicted molar refractivity (Wildman–Crippen MR) is 73.7 cm³/mol. The Hall–Kier alpha value is -0.360. The van der Waals surface area contributed by atoms with Crippen LogP contribution in [0.3, 0.4) is 0 Å². The maximum absolute atomic E-state index is 12.0. The highest BCUT2D eigenvalue weighted by atomic mass is 35.5. The molecule has 2 aliphatic carbocycles. The topological polar surface area (TPSA) is 79.3 Å². The van der Waals surface area contributed by atoms with E-state index in [9.17, 15) is 15.0 Å². The van der Waals surface area contributed by atoms with Crippen LogP contribution in [0.1, 0.15) is 27.2 Å². The molecule has 2 saturated carbocycles. The molecule has 0 amide bonds. The van der Waals surface area contributed by atoms with Crippen molar-refractivity contribution >= 4 is 17.6 Å². The van der Waals surface area contributed by atoms with E-state index in [0.29, 0.717) is 6.42 Å². The molecule has 4 aliphatic rings. The molecule has 21 heavy (non-hydrogen) atoms. The lowest BCUT2D eigenvalue weighted by Crippen LogP contribution is -2.58. The fourth-order valence-corrected chi connectivity index (χ4v) is 5.65. The van der Waals surface area contributed by atoms with E-state index >= 15 is 0 Å². The maximum Gasteiger partial charge on any atom is 0.309 e. The highest BCUT2D eigenvalue weighted by Crippen LogP contribution is 2.70. The highest BCUT2D eigenvalue weighted by molar-refractivity contribution is 6.22. The smallest absolute Gasteiger partial charge is 0.309 e. The Morgan fingerprint density at radius 2 is 2.14 bits per heavy atom. The van der Waals surface area contributed by atoms with Crippen LogP contribution in [0.5, 0.6) is 0 Å². The number of carbonyl (C=O) groups is 1. The number of alkyl halides is 1. The molecule has 5 nitrogen and oxygen atoms in total. The van der Waals surface area contributed by atoms with Crippen molar-refractivity contribution < 1.29 is 24.5 Å². The molecule has 0 radical (unpaired) electrons. The van der Waals surface area contributed by atoms with Gasteiger partial charge in [-0.2, -0.15) is 0 Å². The number of hydrogen-bond donors (Lipinski definition) is 2. The Labute approximate surface area is 128 Å². The van der Waals surface area contributed by atoms with Crippen molar-refractivity contribution in [3.63, 3.8) is 0 Å². The van der Waals surface area contributed by atoms with Crippen molar-refractivity contribution in [1.29, 1.82) is 0 Å². The molecule has 0 aromatic carbocycles. The minimum absolute atomic E-state index is 0.00557. The van der Waals surface area contributed by atoms with E-state index in [1.165, 1.54) is 0 Å². The summed E-state index contributed by atoms with van der Waals surface area (Å²) < 4.78 is 11.5. The SMILES string of the molecule is C[C@H](O)[C@@H]1C[C@@H]2[C@H](OC(=O)[C@@H]2C)[C@H]2[C@@](C)(O)[C@H](Cl)[C@H]3O[C@@]312. The summed E-state index contributed by atoms with van der Waals surface area (Å²) in [4.78, 5) is 12.0. The first-order valence-electron chi connectivity index (χ1n) is 7.65. The van der Waals surface area contributed by atoms with Gasteiger partial charge in [0.2, 0.25) is 0 Å². The van der Waals surface area contributed by atoms with Crippen LogP contribution in [0, 0.1) is 23.7 Å². The van der Waals surface area contributed by atoms with Crippen LogP contribution < -0.4 is 0 Å². The summed E-state index contributed by atoms with van der Waals surface area (Å²) in [6.45, 7) is 5.30. The molecule has 0 unspecified atom stereocenters. The third kappa shape index (κ3) is 1.46. The van der Waals surface area contributed by atoms with Gasteiger partial charge in [0.05, 0.1) is 28.9 Å². The monoisotopic (exact) mass is 316 g/mol. The van der Waals surface area contributed by atoms with Gasteiger partial charge >= 0.3 is 5.97 Å². The van der Waals surface area contributed by atoms with Gasteiger partial charge in [-0.05, 0) is 20.3 Å². The van der Waals surface area contributed by atoms with Crippen LogP contribution in [0.2, 0.25) is 0 Å². The fourth-order valence-electron chi connectivity index (χ4n) is 5.27. The van der Waals surface area contributed by atoms with E-state index in [1.54, 1.807) is 13.8 Å². The van der Waals surface area contributed by atoms with Gasteiger partial charge in [0, 0.05) is 11.8 Å².